The maximum absolute atomic E-state index is 13.7. The van der Waals surface area contributed by atoms with E-state index in [2.05, 4.69) is 0 Å². The second-order valence-corrected chi connectivity index (χ2v) is 3.50. The number of nitrogens with two attached hydrogens (primary N) is 1. The number of rotatable bonds is 3. The first-order valence-corrected chi connectivity index (χ1v) is 4.76. The molecule has 0 fully saturated rings. The molecule has 0 saturated carbocycles. The van der Waals surface area contributed by atoms with Crippen LogP contribution in [-0.4, -0.2) is 14.2 Å². The molecule has 0 radical (unpaired) electrons. The molecule has 3 nitrogen and oxygen atoms in total. The van der Waals surface area contributed by atoms with Crippen LogP contribution < -0.4 is 15.2 Å². The zero-order valence-electron chi connectivity index (χ0n) is 8.80. The fraction of sp³-hybridized carbons (Fsp3) is 0.400. The fourth-order valence-corrected chi connectivity index (χ4v) is 1.56. The van der Waals surface area contributed by atoms with Crippen LogP contribution in [0.3, 0.4) is 0 Å². The van der Waals surface area contributed by atoms with Gasteiger partial charge in [0.15, 0.2) is 17.3 Å². The van der Waals surface area contributed by atoms with Crippen LogP contribution in [0.2, 0.25) is 5.02 Å². The van der Waals surface area contributed by atoms with Crippen LogP contribution in [0.4, 0.5) is 4.39 Å². The third kappa shape index (κ3) is 2.16. The summed E-state index contributed by atoms with van der Waals surface area (Å²) in [6.45, 7) is 1.67. The minimum atomic E-state index is -0.565. The second kappa shape index (κ2) is 4.68. The van der Waals surface area contributed by atoms with Crippen LogP contribution in [0.25, 0.3) is 0 Å². The highest BCUT2D eigenvalue weighted by Gasteiger charge is 2.19. The lowest BCUT2D eigenvalue weighted by Gasteiger charge is -2.14. The zero-order chi connectivity index (χ0) is 11.6. The molecule has 0 bridgehead atoms. The standard InChI is InChI=1S/C10H13ClFNO2/c1-5(13)6-4-7(14-2)10(15-3)8(11)9(6)12/h4-5H,13H2,1-3H3. The topological polar surface area (TPSA) is 44.5 Å². The van der Waals surface area contributed by atoms with Gasteiger partial charge in [-0.15, -0.1) is 0 Å². The van der Waals surface area contributed by atoms with E-state index in [0.717, 1.165) is 0 Å². The summed E-state index contributed by atoms with van der Waals surface area (Å²) < 4.78 is 23.6. The molecule has 0 heterocycles. The quantitative estimate of drug-likeness (QED) is 0.873. The van der Waals surface area contributed by atoms with E-state index in [1.165, 1.54) is 20.3 Å². The third-order valence-corrected chi connectivity index (χ3v) is 2.41. The number of benzene rings is 1. The summed E-state index contributed by atoms with van der Waals surface area (Å²) in [6, 6.07) is 1.03. The maximum Gasteiger partial charge on any atom is 0.182 e. The van der Waals surface area contributed by atoms with Crippen molar-refractivity contribution in [3.05, 3.63) is 22.5 Å². The van der Waals surface area contributed by atoms with E-state index in [-0.39, 0.29) is 10.8 Å². The minimum Gasteiger partial charge on any atom is -0.493 e. The van der Waals surface area contributed by atoms with Crippen molar-refractivity contribution < 1.29 is 13.9 Å². The Hall–Kier alpha value is -1.00. The predicted octanol–water partition coefficient (Wildman–Crippen LogP) is 2.52. The zero-order valence-corrected chi connectivity index (χ0v) is 9.56. The van der Waals surface area contributed by atoms with Gasteiger partial charge >= 0.3 is 0 Å². The van der Waals surface area contributed by atoms with Gasteiger partial charge in [-0.1, -0.05) is 11.6 Å². The van der Waals surface area contributed by atoms with Gasteiger partial charge < -0.3 is 15.2 Å². The van der Waals surface area contributed by atoms with E-state index < -0.39 is 11.9 Å². The molecule has 0 aliphatic rings. The van der Waals surface area contributed by atoms with Crippen molar-refractivity contribution in [3.8, 4) is 11.5 Å². The van der Waals surface area contributed by atoms with Crippen molar-refractivity contribution in [3.63, 3.8) is 0 Å². The molecule has 84 valence electrons. The van der Waals surface area contributed by atoms with E-state index in [9.17, 15) is 4.39 Å². The molecule has 1 aromatic rings. The first-order chi connectivity index (χ1) is 7.02. The highest BCUT2D eigenvalue weighted by Crippen LogP contribution is 2.39. The Bertz CT molecular complexity index is 369. The van der Waals surface area contributed by atoms with Crippen molar-refractivity contribution in [2.24, 2.45) is 5.73 Å². The lowest BCUT2D eigenvalue weighted by Crippen LogP contribution is -2.09. The average Bonchev–Trinajstić information content (AvgIpc) is 2.21. The summed E-state index contributed by atoms with van der Waals surface area (Å²) in [5.41, 5.74) is 5.91. The Morgan fingerprint density at radius 1 is 1.40 bits per heavy atom. The summed E-state index contributed by atoms with van der Waals surface area (Å²) in [6.07, 6.45) is 0. The molecule has 0 spiro atoms. The van der Waals surface area contributed by atoms with Crippen LogP contribution in [-0.2, 0) is 0 Å². The SMILES string of the molecule is COc1cc(C(C)N)c(F)c(Cl)c1OC. The van der Waals surface area contributed by atoms with Crippen LogP contribution in [0.1, 0.15) is 18.5 Å². The Morgan fingerprint density at radius 2 is 2.00 bits per heavy atom. The highest BCUT2D eigenvalue weighted by molar-refractivity contribution is 6.32. The number of hydrogen-bond acceptors (Lipinski definition) is 3. The molecule has 1 rings (SSSR count). The van der Waals surface area contributed by atoms with Gasteiger partial charge in [-0.05, 0) is 13.0 Å². The first-order valence-electron chi connectivity index (χ1n) is 4.38. The molecule has 0 aliphatic heterocycles. The second-order valence-electron chi connectivity index (χ2n) is 3.12. The molecular weight excluding hydrogens is 221 g/mol. The van der Waals surface area contributed by atoms with Gasteiger partial charge in [0, 0.05) is 11.6 Å². The van der Waals surface area contributed by atoms with Gasteiger partial charge in [-0.25, -0.2) is 4.39 Å². The molecule has 5 heteroatoms. The van der Waals surface area contributed by atoms with Gasteiger partial charge in [0.05, 0.1) is 14.2 Å². The molecule has 0 amide bonds. The van der Waals surface area contributed by atoms with Gasteiger partial charge in [0.25, 0.3) is 0 Å². The van der Waals surface area contributed by atoms with Crippen LogP contribution in [0.15, 0.2) is 6.07 Å². The van der Waals surface area contributed by atoms with E-state index in [4.69, 9.17) is 26.8 Å². The Labute approximate surface area is 92.9 Å². The number of hydrogen-bond donors (Lipinski definition) is 1. The van der Waals surface area contributed by atoms with Crippen LogP contribution in [0.5, 0.6) is 11.5 Å². The van der Waals surface area contributed by atoms with Crippen molar-refractivity contribution >= 4 is 11.6 Å². The molecule has 1 aromatic carbocycles. The maximum atomic E-state index is 13.7. The fourth-order valence-electron chi connectivity index (χ4n) is 1.28. The number of methoxy groups -OCH3 is 2. The molecule has 0 aromatic heterocycles. The Balaban J connectivity index is 3.42. The van der Waals surface area contributed by atoms with Crippen molar-refractivity contribution in [2.75, 3.05) is 14.2 Å². The molecule has 1 atom stereocenters. The summed E-state index contributed by atoms with van der Waals surface area (Å²) >= 11 is 5.79. The molecular formula is C10H13ClFNO2. The summed E-state index contributed by atoms with van der Waals surface area (Å²) in [4.78, 5) is 0. The summed E-state index contributed by atoms with van der Waals surface area (Å²) in [5, 5.41) is -0.107. The summed E-state index contributed by atoms with van der Waals surface area (Å²) in [5.74, 6) is -0.0124. The highest BCUT2D eigenvalue weighted by atomic mass is 35.5. The smallest absolute Gasteiger partial charge is 0.182 e. The van der Waals surface area contributed by atoms with E-state index in [1.54, 1.807) is 6.92 Å². The van der Waals surface area contributed by atoms with Crippen molar-refractivity contribution in [1.29, 1.82) is 0 Å². The number of ether oxygens (including phenoxy) is 2. The van der Waals surface area contributed by atoms with Gasteiger partial charge in [0.2, 0.25) is 0 Å². The molecule has 0 saturated heterocycles. The average molecular weight is 234 g/mol. The van der Waals surface area contributed by atoms with Gasteiger partial charge in [-0.2, -0.15) is 0 Å². The molecule has 0 aliphatic carbocycles. The lowest BCUT2D eigenvalue weighted by atomic mass is 10.1. The minimum absolute atomic E-state index is 0.107. The third-order valence-electron chi connectivity index (χ3n) is 2.07. The normalized spacial score (nSPS) is 12.4. The number of halogens is 2. The van der Waals surface area contributed by atoms with Gasteiger partial charge in [-0.3, -0.25) is 0 Å². The van der Waals surface area contributed by atoms with Crippen molar-refractivity contribution in [1.82, 2.24) is 0 Å². The van der Waals surface area contributed by atoms with Crippen LogP contribution >= 0.6 is 11.6 Å². The molecule has 2 N–H and O–H groups in total. The summed E-state index contributed by atoms with van der Waals surface area (Å²) in [7, 11) is 2.85. The Morgan fingerprint density at radius 3 is 2.40 bits per heavy atom. The van der Waals surface area contributed by atoms with Gasteiger partial charge in [0.1, 0.15) is 5.02 Å². The van der Waals surface area contributed by atoms with Crippen molar-refractivity contribution in [2.45, 2.75) is 13.0 Å². The predicted molar refractivity (Wildman–Crippen MR) is 57.1 cm³/mol. The lowest BCUT2D eigenvalue weighted by molar-refractivity contribution is 0.351. The first kappa shape index (κ1) is 12.1. The van der Waals surface area contributed by atoms with E-state index in [1.807, 2.05) is 0 Å². The van der Waals surface area contributed by atoms with E-state index >= 15 is 0 Å². The van der Waals surface area contributed by atoms with Crippen LogP contribution in [0, 0.1) is 5.82 Å². The monoisotopic (exact) mass is 233 g/mol. The van der Waals surface area contributed by atoms with E-state index in [0.29, 0.717) is 11.3 Å². The molecule has 15 heavy (non-hydrogen) atoms. The molecule has 1 unspecified atom stereocenters. The Kier molecular flexibility index (Phi) is 3.77. The largest absolute Gasteiger partial charge is 0.493 e.